The highest BCUT2D eigenvalue weighted by atomic mass is 32.1. The van der Waals surface area contributed by atoms with Gasteiger partial charge in [0, 0.05) is 5.38 Å². The summed E-state index contributed by atoms with van der Waals surface area (Å²) in [4.78, 5) is 15.5. The molecule has 1 aromatic heterocycles. The van der Waals surface area contributed by atoms with E-state index in [1.807, 2.05) is 0 Å². The van der Waals surface area contributed by atoms with Gasteiger partial charge in [-0.1, -0.05) is 12.8 Å². The third-order valence-electron chi connectivity index (χ3n) is 2.31. The van der Waals surface area contributed by atoms with Gasteiger partial charge in [0.1, 0.15) is 5.69 Å². The fraction of sp³-hybridized carbons (Fsp3) is 0.556. The zero-order chi connectivity index (χ0) is 9.26. The van der Waals surface area contributed by atoms with Crippen LogP contribution >= 0.6 is 11.3 Å². The Hall–Kier alpha value is -0.740. The van der Waals surface area contributed by atoms with E-state index < -0.39 is 0 Å². The molecule has 1 saturated carbocycles. The van der Waals surface area contributed by atoms with Crippen LogP contribution < -0.4 is 5.73 Å². The van der Waals surface area contributed by atoms with Crippen molar-refractivity contribution in [3.63, 3.8) is 0 Å². The van der Waals surface area contributed by atoms with Gasteiger partial charge < -0.3 is 5.73 Å². The Bertz CT molecular complexity index is 293. The van der Waals surface area contributed by atoms with Gasteiger partial charge >= 0.3 is 0 Å². The number of hydrogen-bond acceptors (Lipinski definition) is 4. The first-order chi connectivity index (χ1) is 6.27. The molecule has 3 nitrogen and oxygen atoms in total. The summed E-state index contributed by atoms with van der Waals surface area (Å²) >= 11 is 1.43. The molecule has 0 bridgehead atoms. The number of nitrogens with zero attached hydrogens (tertiary/aromatic N) is 1. The van der Waals surface area contributed by atoms with Crippen molar-refractivity contribution in [2.24, 2.45) is 11.7 Å². The van der Waals surface area contributed by atoms with E-state index in [0.29, 0.717) is 11.6 Å². The van der Waals surface area contributed by atoms with Gasteiger partial charge in [-0.25, -0.2) is 4.98 Å². The number of ketones is 1. The summed E-state index contributed by atoms with van der Waals surface area (Å²) in [5.74, 6) is 0.686. The molecule has 13 heavy (non-hydrogen) atoms. The summed E-state index contributed by atoms with van der Waals surface area (Å²) in [5, 5.41) is 1.76. The molecule has 2 N–H and O–H groups in total. The molecule has 0 saturated heterocycles. The monoisotopic (exact) mass is 196 g/mol. The second kappa shape index (κ2) is 3.55. The van der Waals surface area contributed by atoms with Crippen LogP contribution in [0.15, 0.2) is 10.9 Å². The SMILES string of the molecule is NC(CC1CC1)C(=O)c1cscn1. The van der Waals surface area contributed by atoms with Gasteiger partial charge in [0.15, 0.2) is 5.78 Å². The fourth-order valence-corrected chi connectivity index (χ4v) is 1.89. The molecule has 2 rings (SSSR count). The lowest BCUT2D eigenvalue weighted by atomic mass is 10.1. The number of aromatic nitrogens is 1. The van der Waals surface area contributed by atoms with Gasteiger partial charge in [-0.05, 0) is 12.3 Å². The van der Waals surface area contributed by atoms with Crippen LogP contribution in [-0.4, -0.2) is 16.8 Å². The summed E-state index contributed by atoms with van der Waals surface area (Å²) in [6.07, 6.45) is 3.30. The van der Waals surface area contributed by atoms with Crippen molar-refractivity contribution in [3.8, 4) is 0 Å². The minimum Gasteiger partial charge on any atom is -0.321 e. The molecule has 0 aliphatic heterocycles. The van der Waals surface area contributed by atoms with E-state index in [1.165, 1.54) is 24.2 Å². The Morgan fingerprint density at radius 1 is 1.77 bits per heavy atom. The topological polar surface area (TPSA) is 56.0 Å². The minimum atomic E-state index is -0.338. The normalized spacial score (nSPS) is 18.5. The number of thiazole rings is 1. The predicted octanol–water partition coefficient (Wildman–Crippen LogP) is 1.45. The van der Waals surface area contributed by atoms with Gasteiger partial charge in [0.25, 0.3) is 0 Å². The number of nitrogens with two attached hydrogens (primary N) is 1. The predicted molar refractivity (Wildman–Crippen MR) is 51.8 cm³/mol. The van der Waals surface area contributed by atoms with Gasteiger partial charge in [-0.15, -0.1) is 11.3 Å². The van der Waals surface area contributed by atoms with Crippen LogP contribution in [0, 0.1) is 5.92 Å². The highest BCUT2D eigenvalue weighted by Crippen LogP contribution is 2.33. The summed E-state index contributed by atoms with van der Waals surface area (Å²) in [6.45, 7) is 0. The Kier molecular flexibility index (Phi) is 2.42. The van der Waals surface area contributed by atoms with Crippen molar-refractivity contribution in [1.29, 1.82) is 0 Å². The van der Waals surface area contributed by atoms with E-state index in [0.717, 1.165) is 6.42 Å². The zero-order valence-electron chi connectivity index (χ0n) is 7.27. The summed E-state index contributed by atoms with van der Waals surface area (Å²) in [5.41, 5.74) is 7.95. The Labute approximate surface area is 81.0 Å². The average Bonchev–Trinajstić information content (AvgIpc) is 2.78. The Morgan fingerprint density at radius 2 is 2.54 bits per heavy atom. The lowest BCUT2D eigenvalue weighted by Crippen LogP contribution is -2.31. The molecular formula is C9H12N2OS. The van der Waals surface area contributed by atoms with Crippen molar-refractivity contribution < 1.29 is 4.79 Å². The van der Waals surface area contributed by atoms with Gasteiger partial charge in [0.05, 0.1) is 11.6 Å². The largest absolute Gasteiger partial charge is 0.321 e. The molecule has 1 unspecified atom stereocenters. The molecule has 1 aromatic rings. The van der Waals surface area contributed by atoms with Crippen molar-refractivity contribution >= 4 is 17.1 Å². The number of carbonyl (C=O) groups is 1. The molecule has 0 aromatic carbocycles. The van der Waals surface area contributed by atoms with Crippen molar-refractivity contribution in [3.05, 3.63) is 16.6 Å². The highest BCUT2D eigenvalue weighted by Gasteiger charge is 2.27. The van der Waals surface area contributed by atoms with E-state index in [4.69, 9.17) is 5.73 Å². The molecule has 0 radical (unpaired) electrons. The smallest absolute Gasteiger partial charge is 0.198 e. The second-order valence-corrected chi connectivity index (χ2v) is 4.24. The summed E-state index contributed by atoms with van der Waals surface area (Å²) in [7, 11) is 0. The second-order valence-electron chi connectivity index (χ2n) is 3.52. The molecule has 1 heterocycles. The van der Waals surface area contributed by atoms with Crippen LogP contribution in [0.3, 0.4) is 0 Å². The van der Waals surface area contributed by atoms with Crippen LogP contribution in [0.2, 0.25) is 0 Å². The van der Waals surface area contributed by atoms with Gasteiger partial charge in [0.2, 0.25) is 0 Å². The van der Waals surface area contributed by atoms with Crippen molar-refractivity contribution in [2.45, 2.75) is 25.3 Å². The standard InChI is InChI=1S/C9H12N2OS/c10-7(3-6-1-2-6)9(12)8-4-13-5-11-8/h4-7H,1-3,10H2. The van der Waals surface area contributed by atoms with Gasteiger partial charge in [-0.3, -0.25) is 4.79 Å². The molecular weight excluding hydrogens is 184 g/mol. The van der Waals surface area contributed by atoms with Crippen molar-refractivity contribution in [2.75, 3.05) is 0 Å². The van der Waals surface area contributed by atoms with Crippen molar-refractivity contribution in [1.82, 2.24) is 4.98 Å². The highest BCUT2D eigenvalue weighted by molar-refractivity contribution is 7.07. The Morgan fingerprint density at radius 3 is 3.08 bits per heavy atom. The van der Waals surface area contributed by atoms with Crippen LogP contribution in [0.25, 0.3) is 0 Å². The number of hydrogen-bond donors (Lipinski definition) is 1. The minimum absolute atomic E-state index is 0.00634. The number of Topliss-reactive ketones (excluding diaryl/α,β-unsaturated/α-hetero) is 1. The quantitative estimate of drug-likeness (QED) is 0.741. The molecule has 70 valence electrons. The van der Waals surface area contributed by atoms with E-state index in [-0.39, 0.29) is 11.8 Å². The molecule has 1 aliphatic rings. The van der Waals surface area contributed by atoms with E-state index >= 15 is 0 Å². The number of carbonyl (C=O) groups excluding carboxylic acids is 1. The third kappa shape index (κ3) is 2.14. The molecule has 1 aliphatic carbocycles. The van der Waals surface area contributed by atoms with E-state index in [2.05, 4.69) is 4.98 Å². The molecule has 1 fully saturated rings. The van der Waals surface area contributed by atoms with Crippen LogP contribution in [0.4, 0.5) is 0 Å². The molecule has 4 heteroatoms. The zero-order valence-corrected chi connectivity index (χ0v) is 8.09. The number of rotatable bonds is 4. The first-order valence-corrected chi connectivity index (χ1v) is 5.39. The van der Waals surface area contributed by atoms with Crippen LogP contribution in [-0.2, 0) is 0 Å². The maximum absolute atomic E-state index is 11.6. The average molecular weight is 196 g/mol. The van der Waals surface area contributed by atoms with Crippen LogP contribution in [0.1, 0.15) is 29.8 Å². The lowest BCUT2D eigenvalue weighted by Gasteiger charge is -2.06. The molecule has 1 atom stereocenters. The van der Waals surface area contributed by atoms with E-state index in [9.17, 15) is 4.79 Å². The maximum Gasteiger partial charge on any atom is 0.198 e. The maximum atomic E-state index is 11.6. The van der Waals surface area contributed by atoms with E-state index in [1.54, 1.807) is 10.9 Å². The lowest BCUT2D eigenvalue weighted by molar-refractivity contribution is 0.0950. The summed E-state index contributed by atoms with van der Waals surface area (Å²) < 4.78 is 0. The molecule has 0 spiro atoms. The summed E-state index contributed by atoms with van der Waals surface area (Å²) in [6, 6.07) is -0.338. The molecule has 0 amide bonds. The van der Waals surface area contributed by atoms with Gasteiger partial charge in [-0.2, -0.15) is 0 Å². The third-order valence-corrected chi connectivity index (χ3v) is 2.89. The van der Waals surface area contributed by atoms with Crippen LogP contribution in [0.5, 0.6) is 0 Å². The first-order valence-electron chi connectivity index (χ1n) is 4.45. The fourth-order valence-electron chi connectivity index (χ4n) is 1.34. The Balaban J connectivity index is 1.95. The first kappa shape index (κ1) is 8.84.